The molecule has 0 aliphatic heterocycles. The topological polar surface area (TPSA) is 0 Å². The molecule has 0 aromatic heterocycles. The third-order valence-corrected chi connectivity index (χ3v) is 5.06. The molecule has 0 heteroatoms. The molecule has 0 radical (unpaired) electrons. The molecule has 4 rings (SSSR count). The number of rotatable bonds is 1. The standard InChI is InChI=1S/C21H22/c1-13-7-8-15(3)19(10-13)21-18-6-4-5-16(18)12-17-9-14(2)11-20(17)21/h7-10,12H,4-6,11H2,1-3H3. The first-order chi connectivity index (χ1) is 10.1. The Morgan fingerprint density at radius 1 is 0.905 bits per heavy atom. The van der Waals surface area contributed by atoms with Crippen LogP contribution in [0.2, 0.25) is 0 Å². The van der Waals surface area contributed by atoms with Gasteiger partial charge in [-0.3, -0.25) is 0 Å². The molecule has 2 aromatic carbocycles. The minimum atomic E-state index is 1.13. The van der Waals surface area contributed by atoms with Crippen LogP contribution in [0.25, 0.3) is 17.2 Å². The summed E-state index contributed by atoms with van der Waals surface area (Å²) in [6.07, 6.45) is 7.35. The number of fused-ring (bicyclic) bond motifs is 2. The molecule has 0 heterocycles. The molecule has 0 saturated carbocycles. The van der Waals surface area contributed by atoms with Crippen molar-refractivity contribution >= 4 is 6.08 Å². The molecule has 0 unspecified atom stereocenters. The van der Waals surface area contributed by atoms with Gasteiger partial charge in [0.2, 0.25) is 0 Å². The minimum Gasteiger partial charge on any atom is -0.0683 e. The van der Waals surface area contributed by atoms with Gasteiger partial charge in [0, 0.05) is 0 Å². The molecule has 0 bridgehead atoms. The molecule has 2 aliphatic rings. The van der Waals surface area contributed by atoms with Crippen LogP contribution in [0.3, 0.4) is 0 Å². The minimum absolute atomic E-state index is 1.13. The molecule has 0 fully saturated rings. The smallest absolute Gasteiger partial charge is 0.00543 e. The van der Waals surface area contributed by atoms with Crippen LogP contribution in [0, 0.1) is 13.8 Å². The Balaban J connectivity index is 2.04. The summed E-state index contributed by atoms with van der Waals surface area (Å²) in [7, 11) is 0. The highest BCUT2D eigenvalue weighted by Gasteiger charge is 2.24. The lowest BCUT2D eigenvalue weighted by atomic mass is 9.86. The van der Waals surface area contributed by atoms with Crippen molar-refractivity contribution in [2.45, 2.75) is 46.5 Å². The molecule has 106 valence electrons. The molecule has 2 aromatic rings. The van der Waals surface area contributed by atoms with Crippen molar-refractivity contribution in [2.24, 2.45) is 0 Å². The third-order valence-electron chi connectivity index (χ3n) is 5.06. The average molecular weight is 274 g/mol. The first-order valence-corrected chi connectivity index (χ1v) is 8.06. The zero-order chi connectivity index (χ0) is 14.6. The van der Waals surface area contributed by atoms with E-state index in [1.165, 1.54) is 47.1 Å². The van der Waals surface area contributed by atoms with Crippen LogP contribution >= 0.6 is 0 Å². The van der Waals surface area contributed by atoms with Gasteiger partial charge in [-0.1, -0.05) is 41.5 Å². The maximum Gasteiger partial charge on any atom is -0.00543 e. The lowest BCUT2D eigenvalue weighted by Crippen LogP contribution is -1.99. The van der Waals surface area contributed by atoms with Gasteiger partial charge in [-0.2, -0.15) is 0 Å². The van der Waals surface area contributed by atoms with E-state index in [0.717, 1.165) is 6.42 Å². The predicted molar refractivity (Wildman–Crippen MR) is 90.7 cm³/mol. The van der Waals surface area contributed by atoms with Crippen molar-refractivity contribution in [1.82, 2.24) is 0 Å². The number of hydrogen-bond acceptors (Lipinski definition) is 0. The third kappa shape index (κ3) is 1.97. The number of hydrogen-bond donors (Lipinski definition) is 0. The Hall–Kier alpha value is -1.82. The first-order valence-electron chi connectivity index (χ1n) is 8.06. The van der Waals surface area contributed by atoms with Gasteiger partial charge >= 0.3 is 0 Å². The highest BCUT2D eigenvalue weighted by Crippen LogP contribution is 2.42. The van der Waals surface area contributed by atoms with Crippen molar-refractivity contribution in [2.75, 3.05) is 0 Å². The van der Waals surface area contributed by atoms with E-state index in [0.29, 0.717) is 0 Å². The van der Waals surface area contributed by atoms with Gasteiger partial charge in [-0.05, 0) is 85.4 Å². The Bertz CT molecular complexity index is 775. The van der Waals surface area contributed by atoms with E-state index in [1.54, 1.807) is 22.3 Å². The van der Waals surface area contributed by atoms with Crippen molar-refractivity contribution in [1.29, 1.82) is 0 Å². The molecular formula is C21H22. The summed E-state index contributed by atoms with van der Waals surface area (Å²) in [5.74, 6) is 0. The van der Waals surface area contributed by atoms with E-state index < -0.39 is 0 Å². The first kappa shape index (κ1) is 12.9. The van der Waals surface area contributed by atoms with Crippen LogP contribution in [-0.4, -0.2) is 0 Å². The van der Waals surface area contributed by atoms with Gasteiger partial charge < -0.3 is 0 Å². The summed E-state index contributed by atoms with van der Waals surface area (Å²) in [5, 5.41) is 0. The highest BCUT2D eigenvalue weighted by molar-refractivity contribution is 5.83. The molecular weight excluding hydrogens is 252 g/mol. The molecule has 21 heavy (non-hydrogen) atoms. The van der Waals surface area contributed by atoms with Gasteiger partial charge in [-0.25, -0.2) is 0 Å². The molecule has 0 nitrogen and oxygen atoms in total. The van der Waals surface area contributed by atoms with E-state index in [4.69, 9.17) is 0 Å². The van der Waals surface area contributed by atoms with Crippen LogP contribution in [-0.2, 0) is 19.3 Å². The quantitative estimate of drug-likeness (QED) is 0.651. The van der Waals surface area contributed by atoms with E-state index in [1.807, 2.05) is 0 Å². The normalized spacial score (nSPS) is 15.9. The van der Waals surface area contributed by atoms with Gasteiger partial charge in [0.05, 0.1) is 0 Å². The lowest BCUT2D eigenvalue weighted by Gasteiger charge is -2.18. The summed E-state index contributed by atoms with van der Waals surface area (Å²) in [6, 6.07) is 9.35. The second-order valence-corrected chi connectivity index (χ2v) is 6.80. The largest absolute Gasteiger partial charge is 0.0683 e. The van der Waals surface area contributed by atoms with Crippen LogP contribution in [0.15, 0.2) is 29.8 Å². The number of benzene rings is 2. The molecule has 2 aliphatic carbocycles. The SMILES string of the molecule is CC1=Cc2cc3c(c(-c4cc(C)ccc4C)c2C1)CCC3. The summed E-state index contributed by atoms with van der Waals surface area (Å²) < 4.78 is 0. The van der Waals surface area contributed by atoms with Gasteiger partial charge in [0.1, 0.15) is 0 Å². The average Bonchev–Trinajstić information content (AvgIpc) is 3.04. The molecule has 0 saturated heterocycles. The Labute approximate surface area is 127 Å². The Morgan fingerprint density at radius 2 is 1.76 bits per heavy atom. The summed E-state index contributed by atoms with van der Waals surface area (Å²) in [4.78, 5) is 0. The molecule has 0 amide bonds. The zero-order valence-electron chi connectivity index (χ0n) is 13.2. The monoisotopic (exact) mass is 274 g/mol. The van der Waals surface area contributed by atoms with E-state index >= 15 is 0 Å². The second-order valence-electron chi connectivity index (χ2n) is 6.80. The van der Waals surface area contributed by atoms with Crippen LogP contribution in [0.5, 0.6) is 0 Å². The summed E-state index contributed by atoms with van der Waals surface area (Å²) in [5.41, 5.74) is 13.6. The predicted octanol–water partition coefficient (Wildman–Crippen LogP) is 5.42. The fraction of sp³-hybridized carbons (Fsp3) is 0.333. The van der Waals surface area contributed by atoms with Gasteiger partial charge in [0.15, 0.2) is 0 Å². The van der Waals surface area contributed by atoms with E-state index in [-0.39, 0.29) is 0 Å². The maximum absolute atomic E-state index is 2.46. The number of aryl methyl sites for hydroxylation is 3. The van der Waals surface area contributed by atoms with Crippen molar-refractivity contribution in [3.63, 3.8) is 0 Å². The molecule has 0 atom stereocenters. The number of allylic oxidation sites excluding steroid dienone is 1. The zero-order valence-corrected chi connectivity index (χ0v) is 13.2. The fourth-order valence-corrected chi connectivity index (χ4v) is 4.06. The van der Waals surface area contributed by atoms with Crippen molar-refractivity contribution < 1.29 is 0 Å². The van der Waals surface area contributed by atoms with Gasteiger partial charge in [0.25, 0.3) is 0 Å². The molecule has 0 spiro atoms. The van der Waals surface area contributed by atoms with Crippen LogP contribution in [0.4, 0.5) is 0 Å². The lowest BCUT2D eigenvalue weighted by molar-refractivity contribution is 0.912. The summed E-state index contributed by atoms with van der Waals surface area (Å²) >= 11 is 0. The van der Waals surface area contributed by atoms with E-state index in [2.05, 4.69) is 51.1 Å². The van der Waals surface area contributed by atoms with Crippen LogP contribution in [0.1, 0.15) is 46.7 Å². The van der Waals surface area contributed by atoms with Crippen molar-refractivity contribution in [3.8, 4) is 11.1 Å². The fourth-order valence-electron chi connectivity index (χ4n) is 4.06. The van der Waals surface area contributed by atoms with Crippen molar-refractivity contribution in [3.05, 3.63) is 63.2 Å². The maximum atomic E-state index is 2.46. The highest BCUT2D eigenvalue weighted by atomic mass is 14.3. The van der Waals surface area contributed by atoms with E-state index in [9.17, 15) is 0 Å². The van der Waals surface area contributed by atoms with Crippen LogP contribution < -0.4 is 0 Å². The summed E-state index contributed by atoms with van der Waals surface area (Å²) in [6.45, 7) is 6.72. The Kier molecular flexibility index (Phi) is 2.82. The van der Waals surface area contributed by atoms with Gasteiger partial charge in [-0.15, -0.1) is 0 Å². The second kappa shape index (κ2) is 4.59. The Morgan fingerprint density at radius 3 is 2.62 bits per heavy atom. The molecule has 0 N–H and O–H groups in total.